The van der Waals surface area contributed by atoms with Crippen LogP contribution in [0.2, 0.25) is 0 Å². The predicted octanol–water partition coefficient (Wildman–Crippen LogP) is 2.25. The van der Waals surface area contributed by atoms with E-state index in [0.717, 1.165) is 0 Å². The summed E-state index contributed by atoms with van der Waals surface area (Å²) in [4.78, 5) is 26.2. The minimum atomic E-state index is -1.73. The molecule has 0 amide bonds. The summed E-state index contributed by atoms with van der Waals surface area (Å²) < 4.78 is 46.5. The van der Waals surface area contributed by atoms with Crippen molar-refractivity contribution in [3.8, 4) is 0 Å². The van der Waals surface area contributed by atoms with E-state index in [1.807, 2.05) is 20.8 Å². The summed E-state index contributed by atoms with van der Waals surface area (Å²) in [6.45, 7) is 10.4. The SMILES string of the molecule is CO[C@@H]1[C@H](O)[C@@H](C)O[C@@H](OC[C@H]2/C=C\C=C/C(=O)[C@@](C)(O)C[C@H](C)[C@H](O[C@@H]3O[C@H](C)C[C@H](OC)[C@H]3O)[C@@H](C)/C=C\C(=O)O[C@@H]2C)[C@@H]1OC. The van der Waals surface area contributed by atoms with Gasteiger partial charge >= 0.3 is 5.97 Å². The molecule has 274 valence electrons. The van der Waals surface area contributed by atoms with Crippen LogP contribution < -0.4 is 0 Å². The number of hydrogen-bond donors (Lipinski definition) is 3. The minimum absolute atomic E-state index is 0.0321. The van der Waals surface area contributed by atoms with Crippen LogP contribution in [-0.4, -0.2) is 128 Å². The van der Waals surface area contributed by atoms with E-state index >= 15 is 0 Å². The van der Waals surface area contributed by atoms with Crippen LogP contribution in [0.1, 0.15) is 54.4 Å². The number of carbonyl (C=O) groups is 2. The lowest BCUT2D eigenvalue weighted by atomic mass is 9.82. The first kappa shape index (κ1) is 40.4. The molecule has 0 aromatic carbocycles. The largest absolute Gasteiger partial charge is 0.459 e. The van der Waals surface area contributed by atoms with E-state index in [-0.39, 0.29) is 19.1 Å². The zero-order chi connectivity index (χ0) is 35.8. The normalized spacial score (nSPS) is 45.7. The lowest BCUT2D eigenvalue weighted by Gasteiger charge is -2.42. The number of carbonyl (C=O) groups excluding carboxylic acids is 2. The van der Waals surface area contributed by atoms with Gasteiger partial charge in [0.15, 0.2) is 18.4 Å². The zero-order valence-electron chi connectivity index (χ0n) is 29.6. The van der Waals surface area contributed by atoms with Gasteiger partial charge in [-0.15, -0.1) is 0 Å². The molecule has 3 aliphatic rings. The van der Waals surface area contributed by atoms with E-state index in [0.29, 0.717) is 6.42 Å². The van der Waals surface area contributed by atoms with Crippen molar-refractivity contribution in [2.24, 2.45) is 17.8 Å². The van der Waals surface area contributed by atoms with E-state index in [4.69, 9.17) is 37.9 Å². The Labute approximate surface area is 284 Å². The third kappa shape index (κ3) is 10.5. The highest BCUT2D eigenvalue weighted by molar-refractivity contribution is 5.96. The van der Waals surface area contributed by atoms with Gasteiger partial charge in [0.25, 0.3) is 0 Å². The van der Waals surface area contributed by atoms with Crippen LogP contribution in [-0.2, 0) is 47.5 Å². The molecule has 2 fully saturated rings. The predicted molar refractivity (Wildman–Crippen MR) is 174 cm³/mol. The maximum atomic E-state index is 13.2. The second-order valence-electron chi connectivity index (χ2n) is 13.4. The number of aliphatic hydroxyl groups excluding tert-OH is 2. The van der Waals surface area contributed by atoms with Crippen LogP contribution in [0.15, 0.2) is 36.5 Å². The molecular weight excluding hydrogens is 628 g/mol. The molecule has 0 bridgehead atoms. The monoisotopic (exact) mass is 684 g/mol. The van der Waals surface area contributed by atoms with Crippen molar-refractivity contribution in [1.29, 1.82) is 0 Å². The summed E-state index contributed by atoms with van der Waals surface area (Å²) in [5, 5.41) is 32.6. The van der Waals surface area contributed by atoms with Crippen LogP contribution in [0.3, 0.4) is 0 Å². The van der Waals surface area contributed by atoms with E-state index in [2.05, 4.69) is 0 Å². The second kappa shape index (κ2) is 18.3. The number of ether oxygens (including phenoxy) is 8. The summed E-state index contributed by atoms with van der Waals surface area (Å²) in [6.07, 6.45) is 1.67. The number of esters is 1. The van der Waals surface area contributed by atoms with Gasteiger partial charge in [-0.1, -0.05) is 38.2 Å². The van der Waals surface area contributed by atoms with E-state index < -0.39 is 96.5 Å². The summed E-state index contributed by atoms with van der Waals surface area (Å²) >= 11 is 0. The van der Waals surface area contributed by atoms with Crippen molar-refractivity contribution in [2.75, 3.05) is 27.9 Å². The number of aliphatic hydroxyl groups is 3. The Hall–Kier alpha value is -2.04. The molecule has 48 heavy (non-hydrogen) atoms. The van der Waals surface area contributed by atoms with Gasteiger partial charge in [-0.2, -0.15) is 0 Å². The lowest BCUT2D eigenvalue weighted by molar-refractivity contribution is -0.304. The van der Waals surface area contributed by atoms with E-state index in [1.54, 1.807) is 32.1 Å². The molecule has 0 spiro atoms. The Morgan fingerprint density at radius 1 is 0.833 bits per heavy atom. The van der Waals surface area contributed by atoms with E-state index in [9.17, 15) is 24.9 Å². The molecule has 0 aromatic heterocycles. The maximum Gasteiger partial charge on any atom is 0.330 e. The van der Waals surface area contributed by atoms with Gasteiger partial charge < -0.3 is 53.2 Å². The molecule has 2 saturated heterocycles. The first-order chi connectivity index (χ1) is 22.6. The molecule has 0 aromatic rings. The topological polar surface area (TPSA) is 169 Å². The van der Waals surface area contributed by atoms with Gasteiger partial charge in [-0.3, -0.25) is 4.79 Å². The third-order valence-electron chi connectivity index (χ3n) is 9.43. The summed E-state index contributed by atoms with van der Waals surface area (Å²) in [5.41, 5.74) is -1.73. The Morgan fingerprint density at radius 3 is 2.17 bits per heavy atom. The van der Waals surface area contributed by atoms with Crippen molar-refractivity contribution < 1.29 is 62.8 Å². The minimum Gasteiger partial charge on any atom is -0.459 e. The van der Waals surface area contributed by atoms with Gasteiger partial charge in [0.05, 0.1) is 31.0 Å². The zero-order valence-corrected chi connectivity index (χ0v) is 29.6. The highest BCUT2D eigenvalue weighted by atomic mass is 16.7. The van der Waals surface area contributed by atoms with Crippen molar-refractivity contribution in [3.63, 3.8) is 0 Å². The van der Waals surface area contributed by atoms with Gasteiger partial charge in [-0.05, 0) is 46.1 Å². The van der Waals surface area contributed by atoms with Crippen molar-refractivity contribution in [2.45, 2.75) is 128 Å². The number of methoxy groups -OCH3 is 3. The second-order valence-corrected chi connectivity index (χ2v) is 13.4. The van der Waals surface area contributed by atoms with Gasteiger partial charge in [-0.25, -0.2) is 4.79 Å². The van der Waals surface area contributed by atoms with Crippen molar-refractivity contribution in [3.05, 3.63) is 36.5 Å². The Kier molecular flexibility index (Phi) is 15.4. The smallest absolute Gasteiger partial charge is 0.330 e. The van der Waals surface area contributed by atoms with Crippen LogP contribution in [0.4, 0.5) is 0 Å². The number of ketones is 1. The average molecular weight is 685 g/mol. The molecular formula is C35H56O13. The Balaban J connectivity index is 1.85. The molecule has 13 nitrogen and oxygen atoms in total. The van der Waals surface area contributed by atoms with Crippen LogP contribution in [0.5, 0.6) is 0 Å². The standard InChI is InChI=1S/C35H56O13/c1-19-14-15-27(37)46-22(4)24(18-44-34-32(43-9)31(42-8)28(38)23(5)47-34)12-10-11-13-26(36)35(6,40)17-20(2)30(19)48-33-29(39)25(41-7)16-21(3)45-33/h10-15,19-25,28-34,38-40H,16-18H2,1-9H3/b12-10-,13-11-,15-14-/t19-,20-,21+,22+,23+,24+,25-,28+,29+,30+,31+,32+,33-,34+,35-/m0/s1. The Bertz CT molecular complexity index is 1120. The number of cyclic esters (lactones) is 1. The molecule has 3 N–H and O–H groups in total. The Morgan fingerprint density at radius 2 is 1.52 bits per heavy atom. The molecule has 0 unspecified atom stereocenters. The van der Waals surface area contributed by atoms with Crippen molar-refractivity contribution >= 4 is 11.8 Å². The third-order valence-corrected chi connectivity index (χ3v) is 9.43. The number of rotatable bonds is 8. The molecule has 0 saturated carbocycles. The lowest BCUT2D eigenvalue weighted by Crippen LogP contribution is -2.59. The quantitative estimate of drug-likeness (QED) is 0.319. The summed E-state index contributed by atoms with van der Waals surface area (Å²) in [7, 11) is 4.46. The van der Waals surface area contributed by atoms with Crippen LogP contribution >= 0.6 is 0 Å². The van der Waals surface area contributed by atoms with Gasteiger partial charge in [0.2, 0.25) is 0 Å². The molecule has 3 rings (SSSR count). The molecule has 0 radical (unpaired) electrons. The van der Waals surface area contributed by atoms with Crippen LogP contribution in [0, 0.1) is 17.8 Å². The molecule has 3 heterocycles. The van der Waals surface area contributed by atoms with Crippen LogP contribution in [0.25, 0.3) is 0 Å². The van der Waals surface area contributed by atoms with Crippen molar-refractivity contribution in [1.82, 2.24) is 0 Å². The fourth-order valence-corrected chi connectivity index (χ4v) is 6.50. The van der Waals surface area contributed by atoms with E-state index in [1.165, 1.54) is 46.5 Å². The summed E-state index contributed by atoms with van der Waals surface area (Å²) in [5.74, 6) is -2.42. The highest BCUT2D eigenvalue weighted by Crippen LogP contribution is 2.32. The first-order valence-corrected chi connectivity index (χ1v) is 16.7. The van der Waals surface area contributed by atoms with Gasteiger partial charge in [0.1, 0.15) is 36.1 Å². The summed E-state index contributed by atoms with van der Waals surface area (Å²) in [6, 6.07) is 0. The number of allylic oxidation sites excluding steroid dienone is 2. The molecule has 15 atom stereocenters. The first-order valence-electron chi connectivity index (χ1n) is 16.7. The maximum absolute atomic E-state index is 13.2. The fraction of sp³-hybridized carbons (Fsp3) is 0.771. The van der Waals surface area contributed by atoms with Gasteiger partial charge in [0, 0.05) is 45.7 Å². The average Bonchev–Trinajstić information content (AvgIpc) is 3.03. The number of hydrogen-bond acceptors (Lipinski definition) is 13. The molecule has 13 heteroatoms. The molecule has 3 aliphatic heterocycles. The molecule has 0 aliphatic carbocycles. The highest BCUT2D eigenvalue weighted by Gasteiger charge is 2.45. The fourth-order valence-electron chi connectivity index (χ4n) is 6.50.